The lowest BCUT2D eigenvalue weighted by molar-refractivity contribution is -0.144. The number of hydrogen-bond acceptors (Lipinski definition) is 4. The van der Waals surface area contributed by atoms with E-state index in [0.29, 0.717) is 12.5 Å². The van der Waals surface area contributed by atoms with Gasteiger partial charge in [-0.05, 0) is 87.3 Å². The molecule has 192 valence electrons. The number of aryl methyl sites for hydroxylation is 3. The first kappa shape index (κ1) is 24.9. The Hall–Kier alpha value is -2.73. The van der Waals surface area contributed by atoms with Crippen molar-refractivity contribution >= 4 is 11.9 Å². The van der Waals surface area contributed by atoms with Gasteiger partial charge in [-0.2, -0.15) is 0 Å². The van der Waals surface area contributed by atoms with Crippen LogP contribution in [0.2, 0.25) is 0 Å². The van der Waals surface area contributed by atoms with E-state index in [9.17, 15) is 14.7 Å². The predicted octanol–water partition coefficient (Wildman–Crippen LogP) is 4.77. The monoisotopic (exact) mass is 490 g/mol. The van der Waals surface area contributed by atoms with E-state index < -0.39 is 17.4 Å². The number of carboxylic acids is 1. The highest BCUT2D eigenvalue weighted by atomic mass is 16.5. The topological polar surface area (TPSA) is 88.5 Å². The van der Waals surface area contributed by atoms with Crippen LogP contribution in [0, 0.1) is 5.92 Å². The average molecular weight is 491 g/mol. The molecule has 0 aliphatic heterocycles. The van der Waals surface area contributed by atoms with E-state index in [4.69, 9.17) is 9.72 Å². The standard InChI is InChI=1S/C30H38N2O4/c33-28(34)27(32-29(35)30(16-6-17-30)23-8-2-1-3-9-23)15-18-36-25-19-21(20-25)11-13-24-14-12-22-7-4-5-10-26(22)31-24/h1-3,8-9,12,14,21,25,27H,4-7,10-11,13,15-20H2,(H,32,35)(H,33,34). The number of amides is 1. The number of rotatable bonds is 11. The summed E-state index contributed by atoms with van der Waals surface area (Å²) in [5.41, 5.74) is 4.32. The van der Waals surface area contributed by atoms with Gasteiger partial charge in [0.15, 0.2) is 0 Å². The molecule has 6 heteroatoms. The Morgan fingerprint density at radius 1 is 1.06 bits per heavy atom. The third-order valence-corrected chi connectivity index (χ3v) is 8.57. The van der Waals surface area contributed by atoms with Crippen LogP contribution in [0.4, 0.5) is 0 Å². The van der Waals surface area contributed by atoms with Gasteiger partial charge >= 0.3 is 5.97 Å². The fourth-order valence-electron chi connectivity index (χ4n) is 6.01. The first-order chi connectivity index (χ1) is 17.5. The Bertz CT molecular complexity index is 1060. The molecule has 3 aliphatic rings. The van der Waals surface area contributed by atoms with Crippen LogP contribution >= 0.6 is 0 Å². The molecule has 2 N–H and O–H groups in total. The number of carbonyl (C=O) groups is 2. The molecule has 1 amide bonds. The summed E-state index contributed by atoms with van der Waals surface area (Å²) in [6.45, 7) is 0.347. The van der Waals surface area contributed by atoms with E-state index in [1.807, 2.05) is 30.3 Å². The van der Waals surface area contributed by atoms with E-state index >= 15 is 0 Å². The van der Waals surface area contributed by atoms with E-state index in [-0.39, 0.29) is 18.4 Å². The van der Waals surface area contributed by atoms with Crippen LogP contribution in [0.15, 0.2) is 42.5 Å². The van der Waals surface area contributed by atoms with Crippen LogP contribution in [0.25, 0.3) is 0 Å². The number of fused-ring (bicyclic) bond motifs is 1. The van der Waals surface area contributed by atoms with Crippen molar-refractivity contribution in [2.75, 3.05) is 6.61 Å². The second-order valence-electron chi connectivity index (χ2n) is 10.9. The summed E-state index contributed by atoms with van der Waals surface area (Å²) >= 11 is 0. The van der Waals surface area contributed by atoms with Crippen molar-refractivity contribution in [1.82, 2.24) is 10.3 Å². The summed E-state index contributed by atoms with van der Waals surface area (Å²) in [5, 5.41) is 12.5. The van der Waals surface area contributed by atoms with Crippen LogP contribution in [-0.2, 0) is 39.0 Å². The molecule has 1 unspecified atom stereocenters. The van der Waals surface area contributed by atoms with E-state index in [2.05, 4.69) is 17.4 Å². The molecule has 1 atom stereocenters. The van der Waals surface area contributed by atoms with Gasteiger partial charge in [0.1, 0.15) is 6.04 Å². The predicted molar refractivity (Wildman–Crippen MR) is 138 cm³/mol. The molecule has 2 saturated carbocycles. The third-order valence-electron chi connectivity index (χ3n) is 8.57. The smallest absolute Gasteiger partial charge is 0.326 e. The highest BCUT2D eigenvalue weighted by molar-refractivity contribution is 5.92. The molecular formula is C30H38N2O4. The number of hydrogen-bond donors (Lipinski definition) is 2. The lowest BCUT2D eigenvalue weighted by Gasteiger charge is -2.41. The van der Waals surface area contributed by atoms with Crippen molar-refractivity contribution in [3.05, 3.63) is 65.0 Å². The zero-order valence-electron chi connectivity index (χ0n) is 21.1. The van der Waals surface area contributed by atoms with Crippen LogP contribution in [0.3, 0.4) is 0 Å². The van der Waals surface area contributed by atoms with Crippen molar-refractivity contribution in [3.8, 4) is 0 Å². The number of nitrogens with one attached hydrogen (secondary N) is 1. The minimum absolute atomic E-state index is 0.174. The normalized spacial score (nSPS) is 23.0. The average Bonchev–Trinajstić information content (AvgIpc) is 2.84. The molecule has 6 nitrogen and oxygen atoms in total. The highest BCUT2D eigenvalue weighted by Gasteiger charge is 2.46. The maximum atomic E-state index is 13.1. The van der Waals surface area contributed by atoms with Crippen LogP contribution in [-0.4, -0.2) is 40.7 Å². The van der Waals surface area contributed by atoms with Gasteiger partial charge in [0, 0.05) is 24.4 Å². The van der Waals surface area contributed by atoms with E-state index in [1.165, 1.54) is 36.2 Å². The first-order valence-corrected chi connectivity index (χ1v) is 13.7. The summed E-state index contributed by atoms with van der Waals surface area (Å²) in [4.78, 5) is 29.9. The molecule has 1 heterocycles. The fourth-order valence-corrected chi connectivity index (χ4v) is 6.01. The number of pyridine rings is 1. The number of carbonyl (C=O) groups excluding carboxylic acids is 1. The van der Waals surface area contributed by atoms with Crippen molar-refractivity contribution < 1.29 is 19.4 Å². The first-order valence-electron chi connectivity index (χ1n) is 13.7. The van der Waals surface area contributed by atoms with Gasteiger partial charge in [0.2, 0.25) is 5.91 Å². The SMILES string of the molecule is O=C(O)C(CCOC1CC(CCc2ccc3c(n2)CCCC3)C1)NC(=O)C1(c2ccccc2)CCC1. The van der Waals surface area contributed by atoms with Gasteiger partial charge in [0.25, 0.3) is 0 Å². The zero-order chi connectivity index (χ0) is 25.0. The molecule has 1 aromatic carbocycles. The largest absolute Gasteiger partial charge is 0.480 e. The summed E-state index contributed by atoms with van der Waals surface area (Å²) in [6, 6.07) is 13.3. The van der Waals surface area contributed by atoms with Gasteiger partial charge in [-0.3, -0.25) is 9.78 Å². The second-order valence-corrected chi connectivity index (χ2v) is 10.9. The van der Waals surface area contributed by atoms with Crippen LogP contribution in [0.1, 0.15) is 80.3 Å². The van der Waals surface area contributed by atoms with Crippen LogP contribution < -0.4 is 5.32 Å². The molecule has 3 aliphatic carbocycles. The number of ether oxygens (including phenoxy) is 1. The maximum absolute atomic E-state index is 13.1. The lowest BCUT2D eigenvalue weighted by atomic mass is 9.63. The fraction of sp³-hybridized carbons (Fsp3) is 0.567. The van der Waals surface area contributed by atoms with Crippen molar-refractivity contribution in [2.45, 2.75) is 94.6 Å². The molecule has 0 spiro atoms. The molecule has 5 rings (SSSR count). The molecule has 0 radical (unpaired) electrons. The summed E-state index contributed by atoms with van der Waals surface area (Å²) in [5.74, 6) is -0.530. The summed E-state index contributed by atoms with van der Waals surface area (Å²) in [6.07, 6.45) is 12.0. The van der Waals surface area contributed by atoms with E-state index in [0.717, 1.165) is 56.9 Å². The number of aliphatic carboxylic acids is 1. The Morgan fingerprint density at radius 3 is 2.56 bits per heavy atom. The van der Waals surface area contributed by atoms with Crippen LogP contribution in [0.5, 0.6) is 0 Å². The van der Waals surface area contributed by atoms with E-state index in [1.54, 1.807) is 0 Å². The van der Waals surface area contributed by atoms with Crippen molar-refractivity contribution in [1.29, 1.82) is 0 Å². The van der Waals surface area contributed by atoms with Gasteiger partial charge in [-0.25, -0.2) is 4.79 Å². The number of benzene rings is 1. The van der Waals surface area contributed by atoms with Gasteiger partial charge in [-0.1, -0.05) is 42.8 Å². The van der Waals surface area contributed by atoms with Crippen molar-refractivity contribution in [3.63, 3.8) is 0 Å². The Balaban J connectivity index is 1.03. The maximum Gasteiger partial charge on any atom is 0.326 e. The molecule has 1 aromatic heterocycles. The second kappa shape index (κ2) is 11.1. The number of carboxylic acid groups (broad SMARTS) is 1. The third kappa shape index (κ3) is 5.49. The van der Waals surface area contributed by atoms with Crippen molar-refractivity contribution in [2.24, 2.45) is 5.92 Å². The molecule has 2 aromatic rings. The molecule has 0 bridgehead atoms. The number of nitrogens with zero attached hydrogens (tertiary/aromatic N) is 1. The summed E-state index contributed by atoms with van der Waals surface area (Å²) in [7, 11) is 0. The molecular weight excluding hydrogens is 452 g/mol. The Morgan fingerprint density at radius 2 is 1.83 bits per heavy atom. The lowest BCUT2D eigenvalue weighted by Crippen LogP contribution is -2.54. The van der Waals surface area contributed by atoms with Gasteiger partial charge in [-0.15, -0.1) is 0 Å². The summed E-state index contributed by atoms with van der Waals surface area (Å²) < 4.78 is 5.98. The number of aromatic nitrogens is 1. The quantitative estimate of drug-likeness (QED) is 0.474. The van der Waals surface area contributed by atoms with Gasteiger partial charge in [0.05, 0.1) is 11.5 Å². The minimum atomic E-state index is -1.00. The molecule has 2 fully saturated rings. The highest BCUT2D eigenvalue weighted by Crippen LogP contribution is 2.44. The molecule has 0 saturated heterocycles. The minimum Gasteiger partial charge on any atom is -0.480 e. The van der Waals surface area contributed by atoms with Gasteiger partial charge < -0.3 is 15.2 Å². The zero-order valence-corrected chi connectivity index (χ0v) is 21.1. The Labute approximate surface area is 213 Å². The molecule has 36 heavy (non-hydrogen) atoms. The Kier molecular flexibility index (Phi) is 7.70.